The number of amides is 1. The van der Waals surface area contributed by atoms with Crippen LogP contribution in [0.15, 0.2) is 12.2 Å². The molecule has 3 rings (SSSR count). The van der Waals surface area contributed by atoms with E-state index in [2.05, 4.69) is 4.90 Å². The molecule has 0 radical (unpaired) electrons. The lowest BCUT2D eigenvalue weighted by Crippen LogP contribution is -2.47. The van der Waals surface area contributed by atoms with Gasteiger partial charge in [-0.1, -0.05) is 18.6 Å². The molecule has 10 heteroatoms. The number of hydrogen-bond donors (Lipinski definition) is 2. The Kier molecular flexibility index (Phi) is 7.67. The van der Waals surface area contributed by atoms with E-state index in [0.717, 1.165) is 19.5 Å². The van der Waals surface area contributed by atoms with E-state index in [1.54, 1.807) is 4.90 Å². The van der Waals surface area contributed by atoms with Crippen LogP contribution in [0.3, 0.4) is 0 Å². The Morgan fingerprint density at radius 2 is 1.55 bits per heavy atom. The van der Waals surface area contributed by atoms with Crippen molar-refractivity contribution in [3.63, 3.8) is 0 Å². The highest BCUT2D eigenvalue weighted by atomic mass is 19.4. The van der Waals surface area contributed by atoms with Gasteiger partial charge in [0.15, 0.2) is 5.41 Å². The first-order chi connectivity index (χ1) is 13.6. The number of piperidine rings is 1. The molecule has 29 heavy (non-hydrogen) atoms. The van der Waals surface area contributed by atoms with Crippen LogP contribution < -0.4 is 0 Å². The topological polar surface area (TPSA) is 98.1 Å². The SMILES string of the molecule is O=C(O)C(F)(F)F.O=C(O)C1(C(=O)N2CCC(CN3CCCCC3)C2)CC=CC1. The van der Waals surface area contributed by atoms with Gasteiger partial charge in [0.25, 0.3) is 0 Å². The summed E-state index contributed by atoms with van der Waals surface area (Å²) in [5, 5.41) is 16.7. The molecule has 0 aromatic heterocycles. The molecule has 3 aliphatic rings. The van der Waals surface area contributed by atoms with Crippen LogP contribution in [0, 0.1) is 11.3 Å². The van der Waals surface area contributed by atoms with Crippen molar-refractivity contribution in [1.82, 2.24) is 9.80 Å². The van der Waals surface area contributed by atoms with Crippen molar-refractivity contribution >= 4 is 17.8 Å². The Hall–Kier alpha value is -2.10. The number of alkyl halides is 3. The van der Waals surface area contributed by atoms with Crippen LogP contribution in [0.25, 0.3) is 0 Å². The molecule has 2 heterocycles. The molecule has 2 saturated heterocycles. The van der Waals surface area contributed by atoms with Gasteiger partial charge in [-0.15, -0.1) is 0 Å². The number of carboxylic acids is 2. The van der Waals surface area contributed by atoms with Crippen molar-refractivity contribution in [2.45, 2.75) is 44.7 Å². The zero-order valence-corrected chi connectivity index (χ0v) is 16.2. The van der Waals surface area contributed by atoms with E-state index in [9.17, 15) is 27.9 Å². The van der Waals surface area contributed by atoms with E-state index in [1.165, 1.54) is 32.4 Å². The number of carbonyl (C=O) groups is 3. The first kappa shape index (κ1) is 23.2. The average Bonchev–Trinajstić information content (AvgIpc) is 3.32. The molecule has 1 aliphatic carbocycles. The second-order valence-corrected chi connectivity index (χ2v) is 7.84. The molecule has 2 aliphatic heterocycles. The van der Waals surface area contributed by atoms with Gasteiger partial charge in [0, 0.05) is 19.6 Å². The molecule has 1 atom stereocenters. The highest BCUT2D eigenvalue weighted by molar-refractivity contribution is 6.02. The summed E-state index contributed by atoms with van der Waals surface area (Å²) in [7, 11) is 0. The van der Waals surface area contributed by atoms with Crippen molar-refractivity contribution in [2.75, 3.05) is 32.7 Å². The molecule has 164 valence electrons. The van der Waals surface area contributed by atoms with Crippen LogP contribution in [0.4, 0.5) is 13.2 Å². The highest BCUT2D eigenvalue weighted by Crippen LogP contribution is 2.37. The number of carboxylic acid groups (broad SMARTS) is 2. The summed E-state index contributed by atoms with van der Waals surface area (Å²) < 4.78 is 31.7. The van der Waals surface area contributed by atoms with Crippen molar-refractivity contribution in [3.8, 4) is 0 Å². The first-order valence-electron chi connectivity index (χ1n) is 9.76. The molecule has 1 amide bonds. The fraction of sp³-hybridized carbons (Fsp3) is 0.737. The molecule has 1 unspecified atom stereocenters. The summed E-state index contributed by atoms with van der Waals surface area (Å²) in [5.74, 6) is -3.40. The van der Waals surface area contributed by atoms with Gasteiger partial charge in [0.2, 0.25) is 5.91 Å². The standard InChI is InChI=1S/C17H26N2O3.C2HF3O2/c20-15(17(16(21)22)7-2-3-8-17)19-11-6-14(13-19)12-18-9-4-1-5-10-18;3-2(4,5)1(6)7/h2-3,14H,1,4-13H2,(H,21,22);(H,6,7). The number of likely N-dealkylation sites (tertiary alicyclic amines) is 2. The minimum absolute atomic E-state index is 0.175. The average molecular weight is 420 g/mol. The smallest absolute Gasteiger partial charge is 0.480 e. The van der Waals surface area contributed by atoms with Crippen LogP contribution in [0.1, 0.15) is 38.5 Å². The molecular weight excluding hydrogens is 393 g/mol. The zero-order valence-electron chi connectivity index (χ0n) is 16.2. The summed E-state index contributed by atoms with van der Waals surface area (Å²) in [4.78, 5) is 37.6. The Bertz CT molecular complexity index is 636. The second-order valence-electron chi connectivity index (χ2n) is 7.84. The Morgan fingerprint density at radius 1 is 1.00 bits per heavy atom. The van der Waals surface area contributed by atoms with Gasteiger partial charge >= 0.3 is 18.1 Å². The van der Waals surface area contributed by atoms with E-state index < -0.39 is 23.5 Å². The van der Waals surface area contributed by atoms with E-state index in [0.29, 0.717) is 25.3 Å². The molecule has 0 spiro atoms. The molecule has 2 N–H and O–H groups in total. The zero-order chi connectivity index (χ0) is 21.7. The molecule has 0 aromatic carbocycles. The second kappa shape index (κ2) is 9.60. The number of aliphatic carboxylic acids is 2. The summed E-state index contributed by atoms with van der Waals surface area (Å²) >= 11 is 0. The van der Waals surface area contributed by atoms with E-state index in [4.69, 9.17) is 9.90 Å². The number of nitrogens with zero attached hydrogens (tertiary/aromatic N) is 2. The van der Waals surface area contributed by atoms with Crippen molar-refractivity contribution in [1.29, 1.82) is 0 Å². The molecule has 0 aromatic rings. The fourth-order valence-corrected chi connectivity index (χ4v) is 4.07. The van der Waals surface area contributed by atoms with E-state index >= 15 is 0 Å². The van der Waals surface area contributed by atoms with E-state index in [1.807, 2.05) is 12.2 Å². The van der Waals surface area contributed by atoms with Crippen LogP contribution >= 0.6 is 0 Å². The third-order valence-electron chi connectivity index (χ3n) is 5.70. The predicted molar refractivity (Wildman–Crippen MR) is 97.1 cm³/mol. The number of carbonyl (C=O) groups excluding carboxylic acids is 1. The van der Waals surface area contributed by atoms with Crippen molar-refractivity contribution in [2.24, 2.45) is 11.3 Å². The van der Waals surface area contributed by atoms with Crippen LogP contribution in [-0.2, 0) is 14.4 Å². The minimum Gasteiger partial charge on any atom is -0.480 e. The quantitative estimate of drug-likeness (QED) is 0.535. The number of halogens is 3. The molecule has 0 saturated carbocycles. The monoisotopic (exact) mass is 420 g/mol. The highest BCUT2D eigenvalue weighted by Gasteiger charge is 2.49. The third kappa shape index (κ3) is 5.94. The van der Waals surface area contributed by atoms with Crippen LogP contribution in [-0.4, -0.2) is 76.8 Å². The fourth-order valence-electron chi connectivity index (χ4n) is 4.07. The van der Waals surface area contributed by atoms with Gasteiger partial charge in [-0.3, -0.25) is 9.59 Å². The number of allylic oxidation sites excluding steroid dienone is 2. The van der Waals surface area contributed by atoms with Crippen molar-refractivity contribution in [3.05, 3.63) is 12.2 Å². The van der Waals surface area contributed by atoms with E-state index in [-0.39, 0.29) is 5.91 Å². The lowest BCUT2D eigenvalue weighted by Gasteiger charge is -2.30. The summed E-state index contributed by atoms with van der Waals surface area (Å²) in [6, 6.07) is 0. The molecule has 2 fully saturated rings. The van der Waals surface area contributed by atoms with Crippen LogP contribution in [0.5, 0.6) is 0 Å². The van der Waals surface area contributed by atoms with Gasteiger partial charge < -0.3 is 20.0 Å². The predicted octanol–water partition coefficient (Wildman–Crippen LogP) is 2.38. The normalized spacial score (nSPS) is 24.1. The van der Waals surface area contributed by atoms with Crippen LogP contribution in [0.2, 0.25) is 0 Å². The van der Waals surface area contributed by atoms with Crippen molar-refractivity contribution < 1.29 is 37.8 Å². The minimum atomic E-state index is -5.08. The van der Waals surface area contributed by atoms with Gasteiger partial charge in [0.1, 0.15) is 0 Å². The maximum atomic E-state index is 12.7. The van der Waals surface area contributed by atoms with Gasteiger partial charge in [-0.25, -0.2) is 4.79 Å². The number of rotatable bonds is 4. The Morgan fingerprint density at radius 3 is 2.03 bits per heavy atom. The summed E-state index contributed by atoms with van der Waals surface area (Å²) in [5.41, 5.74) is -1.22. The summed E-state index contributed by atoms with van der Waals surface area (Å²) in [6.07, 6.45) is 4.15. The first-order valence-corrected chi connectivity index (χ1v) is 9.76. The van der Waals surface area contributed by atoms with Gasteiger partial charge in [-0.2, -0.15) is 13.2 Å². The summed E-state index contributed by atoms with van der Waals surface area (Å²) in [6.45, 7) is 4.85. The lowest BCUT2D eigenvalue weighted by atomic mass is 9.84. The van der Waals surface area contributed by atoms with Gasteiger partial charge in [0.05, 0.1) is 0 Å². The Balaban J connectivity index is 0.000000370. The molecule has 0 bridgehead atoms. The lowest BCUT2D eigenvalue weighted by molar-refractivity contribution is -0.192. The maximum absolute atomic E-state index is 12.7. The largest absolute Gasteiger partial charge is 0.490 e. The molecular formula is C19H27F3N2O5. The number of hydrogen-bond acceptors (Lipinski definition) is 4. The molecule has 7 nitrogen and oxygen atoms in total. The third-order valence-corrected chi connectivity index (χ3v) is 5.70. The van der Waals surface area contributed by atoms with Gasteiger partial charge in [-0.05, 0) is 51.1 Å². The Labute approximate surface area is 167 Å². The maximum Gasteiger partial charge on any atom is 0.490 e.